The Morgan fingerprint density at radius 3 is 2.39 bits per heavy atom. The first-order valence-corrected chi connectivity index (χ1v) is 9.79. The number of alkyl halides is 3. The van der Waals surface area contributed by atoms with Gasteiger partial charge in [-0.25, -0.2) is 4.79 Å². The summed E-state index contributed by atoms with van der Waals surface area (Å²) in [6.07, 6.45) is 2.30. The first-order valence-electron chi connectivity index (χ1n) is 9.79. The monoisotopic (exact) mass is 469 g/mol. The van der Waals surface area contributed by atoms with Crippen molar-refractivity contribution in [2.24, 2.45) is 7.05 Å². The van der Waals surface area contributed by atoms with E-state index in [-0.39, 0.29) is 17.4 Å². The van der Waals surface area contributed by atoms with Gasteiger partial charge in [-0.05, 0) is 19.5 Å². The van der Waals surface area contributed by atoms with E-state index in [4.69, 9.17) is 9.90 Å². The number of nitrogens with zero attached hydrogens (tertiary/aromatic N) is 7. The van der Waals surface area contributed by atoms with E-state index in [1.54, 1.807) is 21.8 Å². The van der Waals surface area contributed by atoms with Crippen LogP contribution in [0.15, 0.2) is 30.9 Å². The lowest BCUT2D eigenvalue weighted by atomic mass is 9.93. The molecule has 2 amide bonds. The van der Waals surface area contributed by atoms with E-state index in [1.807, 2.05) is 25.2 Å². The Morgan fingerprint density at radius 2 is 1.85 bits per heavy atom. The Bertz CT molecular complexity index is 1030. The normalized spacial score (nSPS) is 21.2. The Hall–Kier alpha value is -3.55. The van der Waals surface area contributed by atoms with Gasteiger partial charge in [0.2, 0.25) is 5.91 Å². The van der Waals surface area contributed by atoms with Crippen LogP contribution in [0.4, 0.5) is 18.9 Å². The molecule has 2 aliphatic heterocycles. The minimum Gasteiger partial charge on any atom is -0.475 e. The smallest absolute Gasteiger partial charge is 0.475 e. The highest BCUT2D eigenvalue weighted by Crippen LogP contribution is 2.33. The number of aromatic nitrogens is 4. The summed E-state index contributed by atoms with van der Waals surface area (Å²) in [4.78, 5) is 39.9. The number of piperazine rings is 1. The summed E-state index contributed by atoms with van der Waals surface area (Å²) in [6, 6.07) is 1.68. The van der Waals surface area contributed by atoms with E-state index in [9.17, 15) is 22.8 Å². The van der Waals surface area contributed by atoms with Crippen molar-refractivity contribution in [3.8, 4) is 0 Å². The van der Waals surface area contributed by atoms with Gasteiger partial charge in [0, 0.05) is 32.9 Å². The van der Waals surface area contributed by atoms with Gasteiger partial charge in [0.1, 0.15) is 0 Å². The zero-order valence-corrected chi connectivity index (χ0v) is 17.9. The number of hydrogen-bond acceptors (Lipinski definition) is 7. The average molecular weight is 469 g/mol. The number of carboxylic acids is 1. The second kappa shape index (κ2) is 9.13. The maximum atomic E-state index is 12.7. The van der Waals surface area contributed by atoms with Crippen LogP contribution in [0.5, 0.6) is 0 Å². The Balaban J connectivity index is 0.000000383. The van der Waals surface area contributed by atoms with Crippen molar-refractivity contribution in [1.82, 2.24) is 29.8 Å². The highest BCUT2D eigenvalue weighted by atomic mass is 19.4. The number of likely N-dealkylation sites (tertiary alicyclic amines) is 1. The maximum Gasteiger partial charge on any atom is 0.490 e. The minimum absolute atomic E-state index is 0.0463. The molecule has 1 atom stereocenters. The molecule has 1 spiro atoms. The minimum atomic E-state index is -5.08. The number of halogens is 3. The van der Waals surface area contributed by atoms with Crippen LogP contribution in [0.3, 0.4) is 0 Å². The van der Waals surface area contributed by atoms with Crippen LogP contribution in [-0.2, 0) is 16.6 Å². The van der Waals surface area contributed by atoms with Gasteiger partial charge in [0.25, 0.3) is 5.91 Å². The van der Waals surface area contributed by atoms with E-state index < -0.39 is 12.1 Å². The fourth-order valence-corrected chi connectivity index (χ4v) is 3.81. The third kappa shape index (κ3) is 5.27. The van der Waals surface area contributed by atoms with Crippen LogP contribution in [0.25, 0.3) is 0 Å². The molecule has 2 fully saturated rings. The molecule has 0 aliphatic carbocycles. The third-order valence-corrected chi connectivity index (χ3v) is 5.63. The zero-order valence-electron chi connectivity index (χ0n) is 17.9. The van der Waals surface area contributed by atoms with Crippen molar-refractivity contribution < 1.29 is 32.7 Å². The van der Waals surface area contributed by atoms with E-state index in [2.05, 4.69) is 20.2 Å². The molecule has 1 unspecified atom stereocenters. The van der Waals surface area contributed by atoms with E-state index in [0.717, 1.165) is 12.1 Å². The Kier molecular flexibility index (Phi) is 6.67. The van der Waals surface area contributed by atoms with E-state index in [1.165, 1.54) is 12.4 Å². The summed E-state index contributed by atoms with van der Waals surface area (Å²) < 4.78 is 33.4. The first kappa shape index (κ1) is 24.1. The number of carbonyl (C=O) groups excluding carboxylic acids is 2. The molecular weight excluding hydrogens is 447 g/mol. The standard InChI is InChI=1S/C17H21N7O2.C2HF3O2/c1-21-10-15(25)24(14-8-20-22(2)9-14)12-17(21)4-6-23(11-17)16(26)13-3-5-18-19-7-13;3-2(4,5)1(6)7/h3,5,7-9H,4,6,10-12H2,1-2H3;(H,6,7). The predicted octanol–water partition coefficient (Wildman–Crippen LogP) is 0.407. The SMILES string of the molecule is CN1CC(=O)N(c2cnn(C)c2)CC12CCN(C(=O)c1ccnnc1)C2.O=C(O)C(F)(F)F. The summed E-state index contributed by atoms with van der Waals surface area (Å²) in [5.74, 6) is -2.75. The second-order valence-corrected chi connectivity index (χ2v) is 7.84. The van der Waals surface area contributed by atoms with Gasteiger partial charge in [-0.15, -0.1) is 0 Å². The summed E-state index contributed by atoms with van der Waals surface area (Å²) >= 11 is 0. The first-order chi connectivity index (χ1) is 15.4. The number of amides is 2. The Morgan fingerprint density at radius 1 is 1.15 bits per heavy atom. The number of carbonyl (C=O) groups is 3. The van der Waals surface area contributed by atoms with Gasteiger partial charge in [0.05, 0.1) is 41.9 Å². The molecule has 33 heavy (non-hydrogen) atoms. The zero-order chi connectivity index (χ0) is 24.4. The summed E-state index contributed by atoms with van der Waals surface area (Å²) in [6.45, 7) is 2.11. The van der Waals surface area contributed by atoms with Gasteiger partial charge in [-0.1, -0.05) is 0 Å². The van der Waals surface area contributed by atoms with E-state index >= 15 is 0 Å². The number of hydrogen-bond donors (Lipinski definition) is 1. The van der Waals surface area contributed by atoms with E-state index in [0.29, 0.717) is 31.7 Å². The molecular formula is C19H22F3N7O4. The van der Waals surface area contributed by atoms with Gasteiger partial charge in [-0.2, -0.15) is 28.5 Å². The van der Waals surface area contributed by atoms with Gasteiger partial charge >= 0.3 is 12.1 Å². The fourth-order valence-electron chi connectivity index (χ4n) is 3.81. The molecule has 178 valence electrons. The Labute approximate surface area is 186 Å². The molecule has 2 aliphatic rings. The molecule has 0 bridgehead atoms. The quantitative estimate of drug-likeness (QED) is 0.671. The summed E-state index contributed by atoms with van der Waals surface area (Å²) in [5.41, 5.74) is 1.09. The fraction of sp³-hybridized carbons (Fsp3) is 0.474. The molecule has 11 nitrogen and oxygen atoms in total. The number of rotatable bonds is 2. The number of aliphatic carboxylic acids is 1. The summed E-state index contributed by atoms with van der Waals surface area (Å²) in [5, 5.41) is 18.8. The lowest BCUT2D eigenvalue weighted by Crippen LogP contribution is -2.64. The predicted molar refractivity (Wildman–Crippen MR) is 107 cm³/mol. The molecule has 0 radical (unpaired) electrons. The number of carboxylic acid groups (broad SMARTS) is 1. The van der Waals surface area contributed by atoms with Gasteiger partial charge in [0.15, 0.2) is 0 Å². The molecule has 2 aromatic rings. The molecule has 4 rings (SSSR count). The van der Waals surface area contributed by atoms with Crippen LogP contribution < -0.4 is 4.90 Å². The molecule has 1 N–H and O–H groups in total. The van der Waals surface area contributed by atoms with Crippen molar-refractivity contribution in [1.29, 1.82) is 0 Å². The van der Waals surface area contributed by atoms with Crippen LogP contribution in [0, 0.1) is 0 Å². The summed E-state index contributed by atoms with van der Waals surface area (Å²) in [7, 11) is 3.79. The lowest BCUT2D eigenvalue weighted by Gasteiger charge is -2.46. The number of anilines is 1. The lowest BCUT2D eigenvalue weighted by molar-refractivity contribution is -0.192. The van der Waals surface area contributed by atoms with Crippen molar-refractivity contribution in [3.63, 3.8) is 0 Å². The largest absolute Gasteiger partial charge is 0.490 e. The average Bonchev–Trinajstić information content (AvgIpc) is 3.38. The molecule has 0 saturated carbocycles. The maximum absolute atomic E-state index is 12.7. The van der Waals surface area contributed by atoms with Crippen LogP contribution in [0.1, 0.15) is 16.8 Å². The van der Waals surface area contributed by atoms with Crippen LogP contribution in [-0.4, -0.2) is 97.6 Å². The highest BCUT2D eigenvalue weighted by molar-refractivity contribution is 5.96. The van der Waals surface area contributed by atoms with Crippen molar-refractivity contribution in [2.75, 3.05) is 38.1 Å². The molecule has 4 heterocycles. The van der Waals surface area contributed by atoms with Gasteiger partial charge < -0.3 is 14.9 Å². The van der Waals surface area contributed by atoms with Crippen LogP contribution in [0.2, 0.25) is 0 Å². The second-order valence-electron chi connectivity index (χ2n) is 7.84. The van der Waals surface area contributed by atoms with Crippen molar-refractivity contribution >= 4 is 23.5 Å². The number of aryl methyl sites for hydroxylation is 1. The molecule has 2 aromatic heterocycles. The topological polar surface area (TPSA) is 125 Å². The third-order valence-electron chi connectivity index (χ3n) is 5.63. The molecule has 14 heteroatoms. The molecule has 0 aromatic carbocycles. The van der Waals surface area contributed by atoms with Crippen LogP contribution >= 0.6 is 0 Å². The van der Waals surface area contributed by atoms with Crippen molar-refractivity contribution in [2.45, 2.75) is 18.1 Å². The van der Waals surface area contributed by atoms with Crippen molar-refractivity contribution in [3.05, 3.63) is 36.4 Å². The van der Waals surface area contributed by atoms with Gasteiger partial charge in [-0.3, -0.25) is 19.2 Å². The molecule has 2 saturated heterocycles. The highest BCUT2D eigenvalue weighted by Gasteiger charge is 2.49. The number of likely N-dealkylation sites (N-methyl/N-ethyl adjacent to an activating group) is 1.